The molecule has 2 aromatic rings. The summed E-state index contributed by atoms with van der Waals surface area (Å²) in [6.45, 7) is 2.28. The fraction of sp³-hybridized carbons (Fsp3) is 0.235. The van der Waals surface area contributed by atoms with Crippen molar-refractivity contribution in [2.24, 2.45) is 0 Å². The topological polar surface area (TPSA) is 47.6 Å². The molecule has 2 aromatic carbocycles. The van der Waals surface area contributed by atoms with Crippen LogP contribution < -0.4 is 14.8 Å². The van der Waals surface area contributed by atoms with Crippen molar-refractivity contribution in [3.05, 3.63) is 58.6 Å². The number of rotatable bonds is 6. The third-order valence-electron chi connectivity index (χ3n) is 3.07. The van der Waals surface area contributed by atoms with E-state index in [1.54, 1.807) is 19.2 Å². The van der Waals surface area contributed by atoms with Gasteiger partial charge in [0.15, 0.2) is 6.61 Å². The summed E-state index contributed by atoms with van der Waals surface area (Å²) in [6, 6.07) is 13.0. The molecule has 1 N–H and O–H groups in total. The van der Waals surface area contributed by atoms with Gasteiger partial charge in [-0.1, -0.05) is 29.8 Å². The standard InChI is InChI=1S/C17H18ClNO3/c1-12-6-7-15(18)16(8-12)22-11-17(20)19-10-13-4-3-5-14(9-13)21-2/h3-9H,10-11H2,1-2H3,(H,19,20). The van der Waals surface area contributed by atoms with Crippen LogP contribution >= 0.6 is 11.6 Å². The number of ether oxygens (including phenoxy) is 2. The van der Waals surface area contributed by atoms with Gasteiger partial charge in [-0.2, -0.15) is 0 Å². The zero-order valence-corrected chi connectivity index (χ0v) is 13.3. The zero-order chi connectivity index (χ0) is 15.9. The maximum atomic E-state index is 11.8. The van der Waals surface area contributed by atoms with Gasteiger partial charge in [0.1, 0.15) is 11.5 Å². The Bertz CT molecular complexity index is 658. The summed E-state index contributed by atoms with van der Waals surface area (Å²) in [5.74, 6) is 1.06. The molecule has 0 saturated heterocycles. The van der Waals surface area contributed by atoms with Crippen LogP contribution in [0.4, 0.5) is 0 Å². The van der Waals surface area contributed by atoms with Gasteiger partial charge < -0.3 is 14.8 Å². The van der Waals surface area contributed by atoms with Crippen molar-refractivity contribution in [3.8, 4) is 11.5 Å². The SMILES string of the molecule is COc1cccc(CNC(=O)COc2cc(C)ccc2Cl)c1. The Morgan fingerprint density at radius 3 is 2.82 bits per heavy atom. The fourth-order valence-corrected chi connectivity index (χ4v) is 2.07. The van der Waals surface area contributed by atoms with Crippen LogP contribution in [0.5, 0.6) is 11.5 Å². The minimum absolute atomic E-state index is 0.0762. The first kappa shape index (κ1) is 16.2. The second kappa shape index (κ2) is 7.71. The van der Waals surface area contributed by atoms with E-state index in [0.29, 0.717) is 17.3 Å². The van der Waals surface area contributed by atoms with Crippen LogP contribution in [-0.4, -0.2) is 19.6 Å². The highest BCUT2D eigenvalue weighted by Crippen LogP contribution is 2.25. The van der Waals surface area contributed by atoms with Gasteiger partial charge in [-0.15, -0.1) is 0 Å². The van der Waals surface area contributed by atoms with E-state index < -0.39 is 0 Å². The van der Waals surface area contributed by atoms with Crippen molar-refractivity contribution >= 4 is 17.5 Å². The molecule has 0 radical (unpaired) electrons. The smallest absolute Gasteiger partial charge is 0.258 e. The molecule has 0 aromatic heterocycles. The second-order valence-corrected chi connectivity index (χ2v) is 5.26. The molecule has 116 valence electrons. The first-order chi connectivity index (χ1) is 10.6. The van der Waals surface area contributed by atoms with Crippen LogP contribution in [0, 0.1) is 6.92 Å². The monoisotopic (exact) mass is 319 g/mol. The van der Waals surface area contributed by atoms with Gasteiger partial charge in [0, 0.05) is 6.54 Å². The number of methoxy groups -OCH3 is 1. The number of hydrogen-bond donors (Lipinski definition) is 1. The third-order valence-corrected chi connectivity index (χ3v) is 3.38. The third kappa shape index (κ3) is 4.67. The summed E-state index contributed by atoms with van der Waals surface area (Å²) in [6.07, 6.45) is 0. The van der Waals surface area contributed by atoms with Gasteiger partial charge in [-0.25, -0.2) is 0 Å². The molecule has 0 spiro atoms. The van der Waals surface area contributed by atoms with Crippen molar-refractivity contribution in [2.75, 3.05) is 13.7 Å². The van der Waals surface area contributed by atoms with Crippen molar-refractivity contribution in [1.82, 2.24) is 5.32 Å². The Kier molecular flexibility index (Phi) is 5.67. The molecule has 22 heavy (non-hydrogen) atoms. The number of carbonyl (C=O) groups is 1. The first-order valence-corrected chi connectivity index (χ1v) is 7.25. The molecular weight excluding hydrogens is 302 g/mol. The summed E-state index contributed by atoms with van der Waals surface area (Å²) in [5.41, 5.74) is 1.98. The number of benzene rings is 2. The average molecular weight is 320 g/mol. The summed E-state index contributed by atoms with van der Waals surface area (Å²) < 4.78 is 10.6. The average Bonchev–Trinajstić information content (AvgIpc) is 2.54. The highest BCUT2D eigenvalue weighted by Gasteiger charge is 2.06. The van der Waals surface area contributed by atoms with Crippen molar-refractivity contribution in [3.63, 3.8) is 0 Å². The molecule has 0 unspecified atom stereocenters. The minimum Gasteiger partial charge on any atom is -0.497 e. The largest absolute Gasteiger partial charge is 0.497 e. The molecule has 2 rings (SSSR count). The summed E-state index contributed by atoms with van der Waals surface area (Å²) >= 11 is 6.02. The second-order valence-electron chi connectivity index (χ2n) is 4.85. The summed E-state index contributed by atoms with van der Waals surface area (Å²) in [4.78, 5) is 11.8. The fourth-order valence-electron chi connectivity index (χ4n) is 1.90. The summed E-state index contributed by atoms with van der Waals surface area (Å²) in [5, 5.41) is 3.28. The Labute approximate surface area is 135 Å². The number of nitrogens with one attached hydrogen (secondary N) is 1. The molecule has 0 fully saturated rings. The van der Waals surface area contributed by atoms with E-state index in [1.807, 2.05) is 37.3 Å². The molecule has 4 nitrogen and oxygen atoms in total. The Morgan fingerprint density at radius 1 is 1.23 bits per heavy atom. The van der Waals surface area contributed by atoms with Gasteiger partial charge in [-0.3, -0.25) is 4.79 Å². The van der Waals surface area contributed by atoms with E-state index >= 15 is 0 Å². The van der Waals surface area contributed by atoms with Gasteiger partial charge in [0.2, 0.25) is 0 Å². The number of aryl methyl sites for hydroxylation is 1. The maximum Gasteiger partial charge on any atom is 0.258 e. The number of halogens is 1. The number of carbonyl (C=O) groups excluding carboxylic acids is 1. The lowest BCUT2D eigenvalue weighted by Gasteiger charge is -2.10. The molecular formula is C17H18ClNO3. The molecule has 0 aliphatic heterocycles. The van der Waals surface area contributed by atoms with Crippen LogP contribution in [0.25, 0.3) is 0 Å². The molecule has 0 aliphatic carbocycles. The Morgan fingerprint density at radius 2 is 2.05 bits per heavy atom. The normalized spacial score (nSPS) is 10.1. The minimum atomic E-state index is -0.208. The predicted octanol–water partition coefficient (Wildman–Crippen LogP) is 3.35. The first-order valence-electron chi connectivity index (χ1n) is 6.87. The van der Waals surface area contributed by atoms with E-state index in [9.17, 15) is 4.79 Å². The van der Waals surface area contributed by atoms with Gasteiger partial charge in [-0.05, 0) is 42.3 Å². The number of amides is 1. The molecule has 1 amide bonds. The lowest BCUT2D eigenvalue weighted by molar-refractivity contribution is -0.123. The van der Waals surface area contributed by atoms with Crippen molar-refractivity contribution in [1.29, 1.82) is 0 Å². The van der Waals surface area contributed by atoms with Crippen LogP contribution in [0.3, 0.4) is 0 Å². The molecule has 0 heterocycles. The number of hydrogen-bond acceptors (Lipinski definition) is 3. The zero-order valence-electron chi connectivity index (χ0n) is 12.6. The Hall–Kier alpha value is -2.20. The van der Waals surface area contributed by atoms with Crippen LogP contribution in [-0.2, 0) is 11.3 Å². The predicted molar refractivity (Wildman–Crippen MR) is 86.5 cm³/mol. The van der Waals surface area contributed by atoms with Crippen molar-refractivity contribution < 1.29 is 14.3 Å². The lowest BCUT2D eigenvalue weighted by Crippen LogP contribution is -2.28. The van der Waals surface area contributed by atoms with Crippen LogP contribution in [0.1, 0.15) is 11.1 Å². The quantitative estimate of drug-likeness (QED) is 0.888. The molecule has 0 bridgehead atoms. The van der Waals surface area contributed by atoms with E-state index in [1.165, 1.54) is 0 Å². The van der Waals surface area contributed by atoms with Gasteiger partial charge in [0.25, 0.3) is 5.91 Å². The Balaban J connectivity index is 1.84. The maximum absolute atomic E-state index is 11.8. The summed E-state index contributed by atoms with van der Waals surface area (Å²) in [7, 11) is 1.61. The molecule has 0 saturated carbocycles. The van der Waals surface area contributed by atoms with Gasteiger partial charge >= 0.3 is 0 Å². The van der Waals surface area contributed by atoms with Crippen LogP contribution in [0.15, 0.2) is 42.5 Å². The molecule has 0 atom stereocenters. The van der Waals surface area contributed by atoms with E-state index in [2.05, 4.69) is 5.32 Å². The van der Waals surface area contributed by atoms with E-state index in [4.69, 9.17) is 21.1 Å². The van der Waals surface area contributed by atoms with Crippen LogP contribution in [0.2, 0.25) is 5.02 Å². The highest BCUT2D eigenvalue weighted by atomic mass is 35.5. The lowest BCUT2D eigenvalue weighted by atomic mass is 10.2. The van der Waals surface area contributed by atoms with E-state index in [0.717, 1.165) is 16.9 Å². The van der Waals surface area contributed by atoms with Crippen molar-refractivity contribution in [2.45, 2.75) is 13.5 Å². The van der Waals surface area contributed by atoms with E-state index in [-0.39, 0.29) is 12.5 Å². The highest BCUT2D eigenvalue weighted by molar-refractivity contribution is 6.32. The molecule has 0 aliphatic rings. The van der Waals surface area contributed by atoms with Gasteiger partial charge in [0.05, 0.1) is 12.1 Å². The molecule has 5 heteroatoms.